The SMILES string of the molecule is C[C@H](Cl)CCC(=O)[O-].[Na+]. The number of aliphatic carboxylic acids is 1. The van der Waals surface area contributed by atoms with Crippen LogP contribution in [0.1, 0.15) is 19.8 Å². The number of alkyl halides is 1. The number of hydrogen-bond donors (Lipinski definition) is 0. The molecule has 0 aliphatic heterocycles. The molecular formula is C5H8ClNaO2. The van der Waals surface area contributed by atoms with Crippen molar-refractivity contribution in [2.75, 3.05) is 0 Å². The summed E-state index contributed by atoms with van der Waals surface area (Å²) in [5.74, 6) is -1.03. The van der Waals surface area contributed by atoms with Gasteiger partial charge in [-0.25, -0.2) is 0 Å². The van der Waals surface area contributed by atoms with Crippen molar-refractivity contribution in [3.63, 3.8) is 0 Å². The van der Waals surface area contributed by atoms with Crippen LogP contribution in [0.4, 0.5) is 0 Å². The predicted octanol–water partition coefficient (Wildman–Crippen LogP) is -2.85. The third-order valence-electron chi connectivity index (χ3n) is 0.746. The van der Waals surface area contributed by atoms with E-state index in [2.05, 4.69) is 0 Å². The molecule has 0 amide bonds. The van der Waals surface area contributed by atoms with E-state index in [-0.39, 0.29) is 41.4 Å². The van der Waals surface area contributed by atoms with Crippen LogP contribution in [0.25, 0.3) is 0 Å². The quantitative estimate of drug-likeness (QED) is 0.328. The molecule has 0 N–H and O–H groups in total. The summed E-state index contributed by atoms with van der Waals surface area (Å²) in [6, 6.07) is 0. The number of hydrogen-bond acceptors (Lipinski definition) is 2. The Hall–Kier alpha value is 0.760. The molecule has 9 heavy (non-hydrogen) atoms. The zero-order valence-electron chi connectivity index (χ0n) is 5.69. The van der Waals surface area contributed by atoms with Gasteiger partial charge in [-0.3, -0.25) is 0 Å². The molecule has 0 heterocycles. The van der Waals surface area contributed by atoms with Crippen LogP contribution in [0.3, 0.4) is 0 Å². The van der Waals surface area contributed by atoms with E-state index in [0.29, 0.717) is 6.42 Å². The van der Waals surface area contributed by atoms with Gasteiger partial charge in [0.25, 0.3) is 0 Å². The zero-order valence-corrected chi connectivity index (χ0v) is 8.44. The summed E-state index contributed by atoms with van der Waals surface area (Å²) in [5, 5.41) is 9.67. The first-order valence-corrected chi connectivity index (χ1v) is 2.90. The smallest absolute Gasteiger partial charge is 0.550 e. The van der Waals surface area contributed by atoms with Gasteiger partial charge in [0.1, 0.15) is 0 Å². The summed E-state index contributed by atoms with van der Waals surface area (Å²) < 4.78 is 0. The van der Waals surface area contributed by atoms with Crippen LogP contribution >= 0.6 is 11.6 Å². The zero-order chi connectivity index (χ0) is 6.57. The summed E-state index contributed by atoms with van der Waals surface area (Å²) in [6.45, 7) is 1.75. The topological polar surface area (TPSA) is 40.1 Å². The molecule has 0 rings (SSSR count). The van der Waals surface area contributed by atoms with Gasteiger partial charge in [0, 0.05) is 11.3 Å². The van der Waals surface area contributed by atoms with E-state index in [0.717, 1.165) is 0 Å². The minimum absolute atomic E-state index is 0. The first-order valence-electron chi connectivity index (χ1n) is 2.47. The van der Waals surface area contributed by atoms with Gasteiger partial charge in [-0.2, -0.15) is 0 Å². The van der Waals surface area contributed by atoms with Crippen LogP contribution < -0.4 is 34.7 Å². The molecule has 0 fully saturated rings. The van der Waals surface area contributed by atoms with Crippen LogP contribution in [0.2, 0.25) is 0 Å². The molecule has 0 aliphatic carbocycles. The Morgan fingerprint density at radius 3 is 2.33 bits per heavy atom. The molecule has 0 aromatic carbocycles. The second kappa shape index (κ2) is 6.87. The summed E-state index contributed by atoms with van der Waals surface area (Å²) in [5.41, 5.74) is 0. The fourth-order valence-corrected chi connectivity index (χ4v) is 0.426. The largest absolute Gasteiger partial charge is 1.00 e. The van der Waals surface area contributed by atoms with Crippen molar-refractivity contribution in [2.45, 2.75) is 25.1 Å². The van der Waals surface area contributed by atoms with Crippen LogP contribution in [0.15, 0.2) is 0 Å². The Labute approximate surface area is 81.9 Å². The van der Waals surface area contributed by atoms with Crippen LogP contribution in [-0.2, 0) is 4.79 Å². The van der Waals surface area contributed by atoms with E-state index in [1.165, 1.54) is 0 Å². The van der Waals surface area contributed by atoms with Crippen molar-refractivity contribution in [3.8, 4) is 0 Å². The predicted molar refractivity (Wildman–Crippen MR) is 29.6 cm³/mol. The Kier molecular flexibility index (Phi) is 9.50. The average molecular weight is 159 g/mol. The molecule has 0 aliphatic rings. The maximum atomic E-state index is 9.73. The second-order valence-electron chi connectivity index (χ2n) is 1.69. The standard InChI is InChI=1S/C5H9ClO2.Na/c1-4(6)2-3-5(7)8;/h4H,2-3H2,1H3,(H,7,8);/q;+1/p-1/t4-;/m0./s1. The molecule has 0 aromatic rings. The van der Waals surface area contributed by atoms with Crippen LogP contribution in [0, 0.1) is 0 Å². The van der Waals surface area contributed by atoms with Crippen LogP contribution in [-0.4, -0.2) is 11.3 Å². The summed E-state index contributed by atoms with van der Waals surface area (Å²) in [6.07, 6.45) is 0.550. The molecule has 0 aromatic heterocycles. The second-order valence-corrected chi connectivity index (χ2v) is 2.44. The van der Waals surface area contributed by atoms with Crippen LogP contribution in [0.5, 0.6) is 0 Å². The molecule has 48 valence electrons. The number of carboxylic acids is 1. The van der Waals surface area contributed by atoms with Gasteiger partial charge < -0.3 is 9.90 Å². The monoisotopic (exact) mass is 158 g/mol. The van der Waals surface area contributed by atoms with E-state index in [9.17, 15) is 9.90 Å². The van der Waals surface area contributed by atoms with E-state index in [4.69, 9.17) is 11.6 Å². The minimum Gasteiger partial charge on any atom is -0.550 e. The molecule has 0 unspecified atom stereocenters. The number of rotatable bonds is 3. The van der Waals surface area contributed by atoms with Crippen molar-refractivity contribution in [1.29, 1.82) is 0 Å². The molecule has 4 heteroatoms. The fourth-order valence-electron chi connectivity index (χ4n) is 0.317. The third-order valence-corrected chi connectivity index (χ3v) is 0.964. The van der Waals surface area contributed by atoms with Crippen molar-refractivity contribution in [3.05, 3.63) is 0 Å². The Morgan fingerprint density at radius 2 is 2.22 bits per heavy atom. The van der Waals surface area contributed by atoms with Crippen molar-refractivity contribution < 1.29 is 39.5 Å². The normalized spacial score (nSPS) is 11.8. The Morgan fingerprint density at radius 1 is 1.78 bits per heavy atom. The number of carboxylic acid groups (broad SMARTS) is 1. The number of carbonyl (C=O) groups is 1. The summed E-state index contributed by atoms with van der Waals surface area (Å²) in [7, 11) is 0. The maximum Gasteiger partial charge on any atom is 1.00 e. The molecule has 0 radical (unpaired) electrons. The van der Waals surface area contributed by atoms with E-state index >= 15 is 0 Å². The number of halogens is 1. The first-order chi connectivity index (χ1) is 3.63. The van der Waals surface area contributed by atoms with E-state index in [1.807, 2.05) is 0 Å². The van der Waals surface area contributed by atoms with E-state index < -0.39 is 5.97 Å². The Balaban J connectivity index is 0. The number of carbonyl (C=O) groups excluding carboxylic acids is 1. The van der Waals surface area contributed by atoms with Gasteiger partial charge in [0.15, 0.2) is 0 Å². The molecule has 1 atom stereocenters. The maximum absolute atomic E-state index is 9.73. The van der Waals surface area contributed by atoms with Crippen molar-refractivity contribution >= 4 is 17.6 Å². The van der Waals surface area contributed by atoms with Gasteiger partial charge >= 0.3 is 29.6 Å². The van der Waals surface area contributed by atoms with Gasteiger partial charge in [-0.15, -0.1) is 11.6 Å². The van der Waals surface area contributed by atoms with Crippen molar-refractivity contribution in [1.82, 2.24) is 0 Å². The summed E-state index contributed by atoms with van der Waals surface area (Å²) in [4.78, 5) is 9.73. The van der Waals surface area contributed by atoms with Gasteiger partial charge in [-0.05, 0) is 19.8 Å². The summed E-state index contributed by atoms with van der Waals surface area (Å²) >= 11 is 5.43. The van der Waals surface area contributed by atoms with Crippen molar-refractivity contribution in [2.24, 2.45) is 0 Å². The molecule has 0 saturated carbocycles. The molecular weight excluding hydrogens is 150 g/mol. The molecule has 0 spiro atoms. The van der Waals surface area contributed by atoms with E-state index in [1.54, 1.807) is 6.92 Å². The first kappa shape index (κ1) is 12.4. The van der Waals surface area contributed by atoms with Gasteiger partial charge in [0.05, 0.1) is 0 Å². The fraction of sp³-hybridized carbons (Fsp3) is 0.800. The molecule has 0 saturated heterocycles. The van der Waals surface area contributed by atoms with Gasteiger partial charge in [0.2, 0.25) is 0 Å². The molecule has 0 bridgehead atoms. The Bertz CT molecular complexity index is 85.0. The average Bonchev–Trinajstić information content (AvgIpc) is 1.61. The molecule has 2 nitrogen and oxygen atoms in total. The van der Waals surface area contributed by atoms with Gasteiger partial charge in [-0.1, -0.05) is 0 Å². The third kappa shape index (κ3) is 12.1. The minimum atomic E-state index is -1.03.